The lowest BCUT2D eigenvalue weighted by molar-refractivity contribution is -0.138. The highest BCUT2D eigenvalue weighted by Gasteiger charge is 2.40. The van der Waals surface area contributed by atoms with E-state index in [9.17, 15) is 22.8 Å². The van der Waals surface area contributed by atoms with Crippen LogP contribution in [0.25, 0.3) is 0 Å². The topological polar surface area (TPSA) is 49.4 Å². The van der Waals surface area contributed by atoms with Crippen molar-refractivity contribution in [1.29, 1.82) is 0 Å². The van der Waals surface area contributed by atoms with Crippen molar-refractivity contribution in [2.75, 3.05) is 5.43 Å². The molecule has 2 aromatic carbocycles. The first-order valence-electron chi connectivity index (χ1n) is 7.47. The maximum Gasteiger partial charge on any atom is 0.416 e. The molecule has 3 rings (SSSR count). The van der Waals surface area contributed by atoms with Gasteiger partial charge in [-0.15, -0.1) is 11.8 Å². The van der Waals surface area contributed by atoms with E-state index in [1.807, 2.05) is 30.3 Å². The Hall–Kier alpha value is -2.19. The fraction of sp³-hybridized carbons (Fsp3) is 0.176. The number of anilines is 1. The number of hydrogen-bond donors (Lipinski definition) is 1. The number of rotatable bonds is 4. The van der Waals surface area contributed by atoms with Crippen molar-refractivity contribution >= 4 is 40.9 Å². The average molecular weight is 401 g/mol. The number of imide groups is 1. The molecular weight excluding hydrogens is 389 g/mol. The van der Waals surface area contributed by atoms with Gasteiger partial charge < -0.3 is 0 Å². The number of hydrazine groups is 1. The van der Waals surface area contributed by atoms with E-state index in [1.165, 1.54) is 11.8 Å². The van der Waals surface area contributed by atoms with Crippen LogP contribution >= 0.6 is 23.4 Å². The lowest BCUT2D eigenvalue weighted by atomic mass is 10.2. The van der Waals surface area contributed by atoms with Crippen LogP contribution in [-0.4, -0.2) is 22.1 Å². The summed E-state index contributed by atoms with van der Waals surface area (Å²) in [5, 5.41) is -0.0417. The molecule has 26 heavy (non-hydrogen) atoms. The molecule has 136 valence electrons. The SMILES string of the molecule is O=C1CC(Sc2ccccc2)C(=O)N1Nc1ccc(C(F)(F)F)cc1Cl. The fourth-order valence-electron chi connectivity index (χ4n) is 2.38. The molecule has 2 aromatic rings. The van der Waals surface area contributed by atoms with Gasteiger partial charge in [0.2, 0.25) is 5.91 Å². The molecule has 1 atom stereocenters. The second-order valence-corrected chi connectivity index (χ2v) is 7.18. The van der Waals surface area contributed by atoms with Crippen molar-refractivity contribution in [1.82, 2.24) is 5.01 Å². The number of hydrogen-bond acceptors (Lipinski definition) is 4. The number of thioether (sulfide) groups is 1. The normalized spacial score (nSPS) is 17.7. The second kappa shape index (κ2) is 7.20. The molecule has 0 aromatic heterocycles. The van der Waals surface area contributed by atoms with Gasteiger partial charge in [-0.1, -0.05) is 29.8 Å². The Morgan fingerprint density at radius 2 is 1.81 bits per heavy atom. The third kappa shape index (κ3) is 3.96. The van der Waals surface area contributed by atoms with Crippen LogP contribution in [0.4, 0.5) is 18.9 Å². The first-order chi connectivity index (χ1) is 12.3. The molecule has 4 nitrogen and oxygen atoms in total. The third-order valence-corrected chi connectivity index (χ3v) is 5.17. The van der Waals surface area contributed by atoms with E-state index in [4.69, 9.17) is 11.6 Å². The number of nitrogens with zero attached hydrogens (tertiary/aromatic N) is 1. The van der Waals surface area contributed by atoms with Crippen LogP contribution in [0.2, 0.25) is 5.02 Å². The van der Waals surface area contributed by atoms with E-state index in [2.05, 4.69) is 5.43 Å². The maximum atomic E-state index is 12.7. The van der Waals surface area contributed by atoms with Crippen molar-refractivity contribution < 1.29 is 22.8 Å². The fourth-order valence-corrected chi connectivity index (χ4v) is 3.68. The summed E-state index contributed by atoms with van der Waals surface area (Å²) < 4.78 is 38.1. The van der Waals surface area contributed by atoms with Gasteiger partial charge in [0.1, 0.15) is 0 Å². The van der Waals surface area contributed by atoms with Crippen molar-refractivity contribution in [2.45, 2.75) is 22.7 Å². The minimum Gasteiger partial charge on any atom is -0.287 e. The Balaban J connectivity index is 1.74. The highest BCUT2D eigenvalue weighted by atomic mass is 35.5. The molecule has 9 heteroatoms. The lowest BCUT2D eigenvalue weighted by Crippen LogP contribution is -2.36. The molecule has 0 aliphatic carbocycles. The van der Waals surface area contributed by atoms with Gasteiger partial charge in [0.15, 0.2) is 0 Å². The van der Waals surface area contributed by atoms with Gasteiger partial charge in [0.25, 0.3) is 5.91 Å². The standard InChI is InChI=1S/C17H12ClF3N2O2S/c18-12-8-10(17(19,20)21)6-7-13(12)22-23-15(24)9-14(16(23)25)26-11-4-2-1-3-5-11/h1-8,14,22H,9H2. The van der Waals surface area contributed by atoms with Crippen molar-refractivity contribution in [3.63, 3.8) is 0 Å². The monoisotopic (exact) mass is 400 g/mol. The highest BCUT2D eigenvalue weighted by Crippen LogP contribution is 2.35. The number of amides is 2. The molecule has 2 amide bonds. The smallest absolute Gasteiger partial charge is 0.287 e. The van der Waals surface area contributed by atoms with Crippen LogP contribution in [-0.2, 0) is 15.8 Å². The summed E-state index contributed by atoms with van der Waals surface area (Å²) in [6.07, 6.45) is -4.54. The summed E-state index contributed by atoms with van der Waals surface area (Å²) in [5.74, 6) is -0.945. The molecule has 0 radical (unpaired) electrons. The van der Waals surface area contributed by atoms with E-state index < -0.39 is 28.8 Å². The number of nitrogens with one attached hydrogen (secondary N) is 1. The van der Waals surface area contributed by atoms with Crippen LogP contribution in [0.1, 0.15) is 12.0 Å². The van der Waals surface area contributed by atoms with Crippen molar-refractivity contribution in [3.05, 3.63) is 59.1 Å². The minimum absolute atomic E-state index is 0.0103. The third-order valence-electron chi connectivity index (χ3n) is 3.66. The summed E-state index contributed by atoms with van der Waals surface area (Å²) in [7, 11) is 0. The number of carbonyl (C=O) groups is 2. The van der Waals surface area contributed by atoms with Crippen LogP contribution in [0, 0.1) is 0 Å². The van der Waals surface area contributed by atoms with E-state index in [0.717, 1.165) is 28.1 Å². The Kier molecular flexibility index (Phi) is 5.15. The summed E-state index contributed by atoms with van der Waals surface area (Å²) in [5.41, 5.74) is 1.66. The first-order valence-corrected chi connectivity index (χ1v) is 8.73. The molecule has 0 saturated carbocycles. The van der Waals surface area contributed by atoms with Crippen LogP contribution in [0.15, 0.2) is 53.4 Å². The molecule has 1 N–H and O–H groups in total. The summed E-state index contributed by atoms with van der Waals surface area (Å²) in [6, 6.07) is 11.8. The van der Waals surface area contributed by atoms with Crippen LogP contribution < -0.4 is 5.43 Å². The molecule has 1 aliphatic heterocycles. The van der Waals surface area contributed by atoms with Gasteiger partial charge >= 0.3 is 6.18 Å². The van der Waals surface area contributed by atoms with Gasteiger partial charge in [-0.25, -0.2) is 0 Å². The maximum absolute atomic E-state index is 12.7. The summed E-state index contributed by atoms with van der Waals surface area (Å²) in [4.78, 5) is 25.4. The molecule has 1 aliphatic rings. The predicted molar refractivity (Wildman–Crippen MR) is 92.6 cm³/mol. The van der Waals surface area contributed by atoms with Gasteiger partial charge in [0, 0.05) is 4.90 Å². The van der Waals surface area contributed by atoms with Gasteiger partial charge in [-0.2, -0.15) is 18.2 Å². The van der Waals surface area contributed by atoms with Gasteiger partial charge in [-0.05, 0) is 30.3 Å². The molecule has 0 bridgehead atoms. The summed E-state index contributed by atoms with van der Waals surface area (Å²) in [6.45, 7) is 0. The van der Waals surface area contributed by atoms with E-state index >= 15 is 0 Å². The van der Waals surface area contributed by atoms with Gasteiger partial charge in [-0.3, -0.25) is 15.0 Å². The molecule has 1 unspecified atom stereocenters. The summed E-state index contributed by atoms with van der Waals surface area (Å²) >= 11 is 7.11. The van der Waals surface area contributed by atoms with Crippen LogP contribution in [0.3, 0.4) is 0 Å². The number of carbonyl (C=O) groups excluding carboxylic acids is 2. The Morgan fingerprint density at radius 3 is 2.42 bits per heavy atom. The Morgan fingerprint density at radius 1 is 1.12 bits per heavy atom. The zero-order valence-electron chi connectivity index (χ0n) is 13.1. The average Bonchev–Trinajstić information content (AvgIpc) is 2.84. The largest absolute Gasteiger partial charge is 0.416 e. The number of halogens is 4. The molecule has 0 spiro atoms. The quantitative estimate of drug-likeness (QED) is 0.762. The highest BCUT2D eigenvalue weighted by molar-refractivity contribution is 8.00. The van der Waals surface area contributed by atoms with Gasteiger partial charge in [0.05, 0.1) is 27.9 Å². The van der Waals surface area contributed by atoms with E-state index in [1.54, 1.807) is 0 Å². The number of benzene rings is 2. The van der Waals surface area contributed by atoms with Crippen molar-refractivity contribution in [3.8, 4) is 0 Å². The molecule has 1 heterocycles. The lowest BCUT2D eigenvalue weighted by Gasteiger charge is -2.19. The number of alkyl halides is 3. The molecule has 1 fully saturated rings. The first kappa shape index (κ1) is 18.6. The zero-order chi connectivity index (χ0) is 18.9. The molecular formula is C17H12ClF3N2O2S. The van der Waals surface area contributed by atoms with E-state index in [0.29, 0.717) is 0 Å². The Bertz CT molecular complexity index is 846. The predicted octanol–water partition coefficient (Wildman–Crippen LogP) is 4.61. The zero-order valence-corrected chi connectivity index (χ0v) is 14.7. The van der Waals surface area contributed by atoms with Crippen LogP contribution in [0.5, 0.6) is 0 Å². The van der Waals surface area contributed by atoms with Crippen molar-refractivity contribution in [2.24, 2.45) is 0 Å². The van der Waals surface area contributed by atoms with E-state index in [-0.39, 0.29) is 17.1 Å². The molecule has 1 saturated heterocycles. The second-order valence-electron chi connectivity index (χ2n) is 5.50. The minimum atomic E-state index is -4.53. The Labute approximate surface area is 156 Å².